The average molecular weight is 393 g/mol. The van der Waals surface area contributed by atoms with Crippen molar-refractivity contribution in [2.45, 2.75) is 30.6 Å². The Balaban J connectivity index is 2.07. The van der Waals surface area contributed by atoms with Crippen LogP contribution in [0.5, 0.6) is 0 Å². The van der Waals surface area contributed by atoms with Crippen LogP contribution in [0.2, 0.25) is 0 Å². The number of anilines is 1. The highest BCUT2D eigenvalue weighted by atomic mass is 19.4. The average Bonchev–Trinajstić information content (AvgIpc) is 3.03. The summed E-state index contributed by atoms with van der Waals surface area (Å²) in [4.78, 5) is 11.6. The van der Waals surface area contributed by atoms with Crippen molar-refractivity contribution in [1.82, 2.24) is 15.2 Å². The van der Waals surface area contributed by atoms with Crippen LogP contribution in [0.1, 0.15) is 34.6 Å². The molecule has 146 valence electrons. The Kier molecular flexibility index (Phi) is 4.54. The van der Waals surface area contributed by atoms with Gasteiger partial charge in [-0.25, -0.2) is 14.9 Å². The Bertz CT molecular complexity index is 847. The largest absolute Gasteiger partial charge is 0.455 e. The zero-order valence-corrected chi connectivity index (χ0v) is 13.4. The first-order valence-electron chi connectivity index (χ1n) is 7.61. The number of hydrogen-bond donors (Lipinski definition) is 3. The van der Waals surface area contributed by atoms with E-state index < -0.39 is 48.0 Å². The molecule has 2 atom stereocenters. The van der Waals surface area contributed by atoms with Crippen molar-refractivity contribution in [2.75, 3.05) is 5.32 Å². The van der Waals surface area contributed by atoms with Crippen molar-refractivity contribution in [3.63, 3.8) is 0 Å². The first kappa shape index (κ1) is 19.0. The summed E-state index contributed by atoms with van der Waals surface area (Å²) in [5.74, 6) is -1.93. The number of hydrogen-bond acceptors (Lipinski definition) is 4. The fourth-order valence-corrected chi connectivity index (χ4v) is 2.89. The molecule has 0 fully saturated rings. The fourth-order valence-electron chi connectivity index (χ4n) is 2.89. The number of nitrogens with zero attached hydrogens (tertiary/aromatic N) is 2. The Hall–Kier alpha value is -2.76. The molecule has 2 heterocycles. The Labute approximate surface area is 148 Å². The highest BCUT2D eigenvalue weighted by Crippen LogP contribution is 2.50. The molecular formula is C15H13F6N5O. The van der Waals surface area contributed by atoms with Crippen molar-refractivity contribution < 1.29 is 31.1 Å². The van der Waals surface area contributed by atoms with Crippen LogP contribution in [-0.2, 0) is 0 Å². The van der Waals surface area contributed by atoms with Gasteiger partial charge in [-0.05, 0) is 17.7 Å². The topological polar surface area (TPSA) is 85.0 Å². The van der Waals surface area contributed by atoms with Crippen LogP contribution in [0.25, 0.3) is 0 Å². The number of halogens is 6. The van der Waals surface area contributed by atoms with Gasteiger partial charge < -0.3 is 5.32 Å². The number of benzene rings is 1. The number of nitrogens with one attached hydrogen (secondary N) is 2. The standard InChI is InChI=1S/C15H13F6N5O/c16-8-3-1-7(2-4-8)9-5-11(14(17,18)15(19,20)21)26-12(23-9)6-10(25-26)13(27)24-22/h1-4,6,9,11,23H,5,22H2,(H,24,27)/t9-,11+/m0/s1. The van der Waals surface area contributed by atoms with Crippen LogP contribution < -0.4 is 16.6 Å². The molecule has 3 rings (SSSR count). The molecule has 0 spiro atoms. The lowest BCUT2D eigenvalue weighted by Gasteiger charge is -2.37. The normalized spacial score (nSPS) is 20.0. The molecule has 0 saturated heterocycles. The van der Waals surface area contributed by atoms with Crippen LogP contribution in [0.3, 0.4) is 0 Å². The van der Waals surface area contributed by atoms with E-state index in [0.29, 0.717) is 10.2 Å². The zero-order valence-electron chi connectivity index (χ0n) is 13.4. The molecule has 2 aromatic rings. The van der Waals surface area contributed by atoms with Crippen LogP contribution in [0.15, 0.2) is 30.3 Å². The van der Waals surface area contributed by atoms with Crippen LogP contribution >= 0.6 is 0 Å². The van der Waals surface area contributed by atoms with Gasteiger partial charge in [-0.2, -0.15) is 27.1 Å². The van der Waals surface area contributed by atoms with Gasteiger partial charge in [-0.3, -0.25) is 10.2 Å². The summed E-state index contributed by atoms with van der Waals surface area (Å²) in [5.41, 5.74) is 1.60. The highest BCUT2D eigenvalue weighted by molar-refractivity contribution is 5.92. The summed E-state index contributed by atoms with van der Waals surface area (Å²) < 4.78 is 80.7. The van der Waals surface area contributed by atoms with E-state index in [9.17, 15) is 31.1 Å². The molecule has 1 aliphatic heterocycles. The van der Waals surface area contributed by atoms with Crippen molar-refractivity contribution in [3.05, 3.63) is 47.4 Å². The number of alkyl halides is 5. The van der Waals surface area contributed by atoms with Gasteiger partial charge in [0.25, 0.3) is 5.91 Å². The molecule has 1 aliphatic rings. The van der Waals surface area contributed by atoms with Crippen LogP contribution in [0.4, 0.5) is 32.2 Å². The lowest BCUT2D eigenvalue weighted by atomic mass is 9.93. The van der Waals surface area contributed by atoms with E-state index in [1.54, 1.807) is 5.43 Å². The fraction of sp³-hybridized carbons (Fsp3) is 0.333. The Morgan fingerprint density at radius 2 is 1.85 bits per heavy atom. The second-order valence-electron chi connectivity index (χ2n) is 5.95. The van der Waals surface area contributed by atoms with Gasteiger partial charge in [-0.1, -0.05) is 12.1 Å². The minimum absolute atomic E-state index is 0.219. The molecule has 0 aliphatic carbocycles. The smallest absolute Gasteiger partial charge is 0.363 e. The molecule has 1 amide bonds. The molecular weight excluding hydrogens is 380 g/mol. The summed E-state index contributed by atoms with van der Waals surface area (Å²) in [5, 5.41) is 6.29. The van der Waals surface area contributed by atoms with E-state index >= 15 is 0 Å². The van der Waals surface area contributed by atoms with Crippen molar-refractivity contribution in [2.24, 2.45) is 5.84 Å². The first-order valence-corrected chi connectivity index (χ1v) is 7.61. The van der Waals surface area contributed by atoms with Gasteiger partial charge in [0.1, 0.15) is 17.7 Å². The number of nitrogen functional groups attached to an aromatic ring is 1. The molecule has 4 N–H and O–H groups in total. The summed E-state index contributed by atoms with van der Waals surface area (Å²) in [6.07, 6.45) is -6.53. The van der Waals surface area contributed by atoms with Crippen LogP contribution in [0, 0.1) is 5.82 Å². The van der Waals surface area contributed by atoms with Crippen LogP contribution in [-0.4, -0.2) is 27.8 Å². The summed E-state index contributed by atoms with van der Waals surface area (Å²) in [7, 11) is 0. The molecule has 6 nitrogen and oxygen atoms in total. The van der Waals surface area contributed by atoms with Gasteiger partial charge in [0.05, 0.1) is 6.04 Å². The van der Waals surface area contributed by atoms with E-state index in [0.717, 1.165) is 18.2 Å². The number of amides is 1. The summed E-state index contributed by atoms with van der Waals surface area (Å²) >= 11 is 0. The second kappa shape index (κ2) is 6.44. The number of fused-ring (bicyclic) bond motifs is 1. The van der Waals surface area contributed by atoms with Crippen molar-refractivity contribution >= 4 is 11.7 Å². The van der Waals surface area contributed by atoms with Gasteiger partial charge in [0.2, 0.25) is 0 Å². The molecule has 0 bridgehead atoms. The Morgan fingerprint density at radius 1 is 1.22 bits per heavy atom. The predicted molar refractivity (Wildman–Crippen MR) is 81.3 cm³/mol. The minimum Gasteiger partial charge on any atom is -0.363 e. The third kappa shape index (κ3) is 3.31. The third-order valence-corrected chi connectivity index (χ3v) is 4.24. The van der Waals surface area contributed by atoms with E-state index in [2.05, 4.69) is 10.4 Å². The molecule has 0 radical (unpaired) electrons. The molecule has 0 saturated carbocycles. The van der Waals surface area contributed by atoms with Crippen molar-refractivity contribution in [3.8, 4) is 0 Å². The predicted octanol–water partition coefficient (Wildman–Crippen LogP) is 2.92. The van der Waals surface area contributed by atoms with E-state index in [4.69, 9.17) is 5.84 Å². The highest BCUT2D eigenvalue weighted by Gasteiger charge is 2.64. The zero-order chi connectivity index (χ0) is 20.0. The maximum Gasteiger partial charge on any atom is 0.455 e. The second-order valence-corrected chi connectivity index (χ2v) is 5.95. The van der Waals surface area contributed by atoms with Gasteiger partial charge in [0, 0.05) is 12.5 Å². The maximum absolute atomic E-state index is 14.1. The number of nitrogens with two attached hydrogens (primary N) is 1. The number of hydrazine groups is 1. The first-order chi connectivity index (χ1) is 12.5. The van der Waals surface area contributed by atoms with Crippen molar-refractivity contribution in [1.29, 1.82) is 0 Å². The Morgan fingerprint density at radius 3 is 2.41 bits per heavy atom. The van der Waals surface area contributed by atoms with E-state index in [1.807, 2.05) is 0 Å². The number of carbonyl (C=O) groups is 1. The molecule has 0 unspecified atom stereocenters. The molecule has 1 aromatic carbocycles. The minimum atomic E-state index is -5.83. The summed E-state index contributed by atoms with van der Waals surface area (Å²) in [6.45, 7) is 0. The number of aromatic nitrogens is 2. The SMILES string of the molecule is NNC(=O)c1cc2n(n1)[C@@H](C(F)(F)C(F)(F)F)C[C@@H](c1ccc(F)cc1)N2. The monoisotopic (exact) mass is 393 g/mol. The van der Waals surface area contributed by atoms with Gasteiger partial charge in [-0.15, -0.1) is 0 Å². The van der Waals surface area contributed by atoms with E-state index in [1.165, 1.54) is 12.1 Å². The molecule has 12 heteroatoms. The van der Waals surface area contributed by atoms with E-state index in [-0.39, 0.29) is 5.82 Å². The van der Waals surface area contributed by atoms with Gasteiger partial charge in [0.15, 0.2) is 5.69 Å². The van der Waals surface area contributed by atoms with Gasteiger partial charge >= 0.3 is 12.1 Å². The maximum atomic E-state index is 14.1. The molecule has 27 heavy (non-hydrogen) atoms. The number of rotatable bonds is 3. The summed E-state index contributed by atoms with van der Waals surface area (Å²) in [6, 6.07) is 2.28. The lowest BCUT2D eigenvalue weighted by Crippen LogP contribution is -2.47. The third-order valence-electron chi connectivity index (χ3n) is 4.24. The lowest BCUT2D eigenvalue weighted by molar-refractivity contribution is -0.301. The quantitative estimate of drug-likeness (QED) is 0.324. The number of carbonyl (C=O) groups excluding carboxylic acids is 1. The molecule has 1 aromatic heterocycles.